The van der Waals surface area contributed by atoms with Crippen molar-refractivity contribution in [3.8, 4) is 0 Å². The lowest BCUT2D eigenvalue weighted by atomic mass is 10.1. The number of nitrogens with two attached hydrogens (primary N) is 1. The van der Waals surface area contributed by atoms with E-state index in [0.717, 1.165) is 25.8 Å². The van der Waals surface area contributed by atoms with Crippen LogP contribution >= 0.6 is 0 Å². The average molecular weight is 273 g/mol. The molecule has 20 heavy (non-hydrogen) atoms. The highest BCUT2D eigenvalue weighted by Gasteiger charge is 2.40. The Morgan fingerprint density at radius 3 is 2.85 bits per heavy atom. The summed E-state index contributed by atoms with van der Waals surface area (Å²) in [6, 6.07) is 5.33. The second-order valence-corrected chi connectivity index (χ2v) is 5.63. The molecule has 106 valence electrons. The van der Waals surface area contributed by atoms with Gasteiger partial charge in [0.1, 0.15) is 0 Å². The highest BCUT2D eigenvalue weighted by Crippen LogP contribution is 2.30. The van der Waals surface area contributed by atoms with Gasteiger partial charge in [-0.1, -0.05) is 6.07 Å². The molecule has 5 heteroatoms. The molecular formula is C15H19N3O2. The fourth-order valence-electron chi connectivity index (χ4n) is 3.20. The van der Waals surface area contributed by atoms with E-state index in [1.807, 2.05) is 6.92 Å². The largest absolute Gasteiger partial charge is 0.398 e. The summed E-state index contributed by atoms with van der Waals surface area (Å²) in [5.74, 6) is -0.476. The fourth-order valence-corrected chi connectivity index (χ4v) is 3.20. The third kappa shape index (κ3) is 1.98. The van der Waals surface area contributed by atoms with Gasteiger partial charge in [-0.2, -0.15) is 0 Å². The topological polar surface area (TPSA) is 75.4 Å². The van der Waals surface area contributed by atoms with Crippen LogP contribution < -0.4 is 11.1 Å². The van der Waals surface area contributed by atoms with Crippen molar-refractivity contribution in [3.05, 3.63) is 29.3 Å². The number of hydrogen-bond donors (Lipinski definition) is 2. The van der Waals surface area contributed by atoms with E-state index in [2.05, 4.69) is 5.32 Å². The molecule has 0 aromatic heterocycles. The molecule has 1 saturated heterocycles. The van der Waals surface area contributed by atoms with E-state index in [-0.39, 0.29) is 17.9 Å². The molecule has 2 atom stereocenters. The van der Waals surface area contributed by atoms with Gasteiger partial charge in [-0.05, 0) is 44.9 Å². The number of nitrogens with one attached hydrogen (secondary N) is 1. The van der Waals surface area contributed by atoms with Crippen molar-refractivity contribution < 1.29 is 9.59 Å². The summed E-state index contributed by atoms with van der Waals surface area (Å²) in [7, 11) is 0. The summed E-state index contributed by atoms with van der Waals surface area (Å²) >= 11 is 0. The minimum absolute atomic E-state index is 0.114. The first-order valence-corrected chi connectivity index (χ1v) is 7.09. The molecule has 3 rings (SSSR count). The third-order valence-corrected chi connectivity index (χ3v) is 4.21. The number of benzene rings is 1. The number of amides is 2. The number of anilines is 1. The fraction of sp³-hybridized carbons (Fsp3) is 0.467. The lowest BCUT2D eigenvalue weighted by Crippen LogP contribution is -2.41. The smallest absolute Gasteiger partial charge is 0.263 e. The zero-order valence-electron chi connectivity index (χ0n) is 11.6. The number of nitrogen functional groups attached to an aromatic ring is 1. The summed E-state index contributed by atoms with van der Waals surface area (Å²) in [6.07, 6.45) is 3.06. The number of carbonyl (C=O) groups is 2. The van der Waals surface area contributed by atoms with Gasteiger partial charge in [0.2, 0.25) is 0 Å². The van der Waals surface area contributed by atoms with Crippen LogP contribution in [0.15, 0.2) is 18.2 Å². The molecule has 0 aliphatic carbocycles. The molecule has 0 spiro atoms. The normalized spacial score (nSPS) is 23.2. The standard InChI is InChI=1S/C15H19N3O2/c1-9(8-10-4-3-7-17-10)18-14(19)11-5-2-6-12(16)13(11)15(18)20/h2,5-6,9-10,17H,3-4,7-8,16H2,1H3. The molecule has 2 heterocycles. The quantitative estimate of drug-likeness (QED) is 0.644. The van der Waals surface area contributed by atoms with Gasteiger partial charge in [0, 0.05) is 17.8 Å². The van der Waals surface area contributed by atoms with Crippen LogP contribution in [0.3, 0.4) is 0 Å². The van der Waals surface area contributed by atoms with Crippen molar-refractivity contribution in [1.29, 1.82) is 0 Å². The Morgan fingerprint density at radius 2 is 2.20 bits per heavy atom. The zero-order chi connectivity index (χ0) is 14.3. The first-order chi connectivity index (χ1) is 9.59. The molecule has 1 fully saturated rings. The van der Waals surface area contributed by atoms with Gasteiger partial charge >= 0.3 is 0 Å². The van der Waals surface area contributed by atoms with Crippen LogP contribution in [0.1, 0.15) is 46.9 Å². The van der Waals surface area contributed by atoms with Crippen LogP contribution in [0, 0.1) is 0 Å². The minimum Gasteiger partial charge on any atom is -0.398 e. The molecule has 2 amide bonds. The number of hydrogen-bond acceptors (Lipinski definition) is 4. The maximum atomic E-state index is 12.4. The van der Waals surface area contributed by atoms with Crippen molar-refractivity contribution >= 4 is 17.5 Å². The molecule has 3 N–H and O–H groups in total. The van der Waals surface area contributed by atoms with Crippen molar-refractivity contribution in [1.82, 2.24) is 10.2 Å². The number of fused-ring (bicyclic) bond motifs is 1. The SMILES string of the molecule is CC(CC1CCCN1)N1C(=O)c2cccc(N)c2C1=O. The van der Waals surface area contributed by atoms with Gasteiger partial charge in [0.15, 0.2) is 0 Å². The Hall–Kier alpha value is -1.88. The third-order valence-electron chi connectivity index (χ3n) is 4.21. The number of nitrogens with zero attached hydrogens (tertiary/aromatic N) is 1. The van der Waals surface area contributed by atoms with E-state index in [9.17, 15) is 9.59 Å². The number of carbonyl (C=O) groups excluding carboxylic acids is 2. The summed E-state index contributed by atoms with van der Waals surface area (Å²) in [6.45, 7) is 2.95. The zero-order valence-corrected chi connectivity index (χ0v) is 11.6. The Morgan fingerprint density at radius 1 is 1.40 bits per heavy atom. The molecule has 0 radical (unpaired) electrons. The number of rotatable bonds is 3. The summed E-state index contributed by atoms with van der Waals surface area (Å²) < 4.78 is 0. The molecule has 0 saturated carbocycles. The predicted octanol–water partition coefficient (Wildman–Crippen LogP) is 1.40. The van der Waals surface area contributed by atoms with Crippen molar-refractivity contribution in [3.63, 3.8) is 0 Å². The molecular weight excluding hydrogens is 254 g/mol. The summed E-state index contributed by atoms with van der Waals surface area (Å²) in [4.78, 5) is 26.2. The van der Waals surface area contributed by atoms with Gasteiger partial charge in [-0.3, -0.25) is 14.5 Å². The molecule has 2 unspecified atom stereocenters. The van der Waals surface area contributed by atoms with Crippen molar-refractivity contribution in [2.45, 2.75) is 38.3 Å². The van der Waals surface area contributed by atoms with Gasteiger partial charge in [0.05, 0.1) is 11.1 Å². The van der Waals surface area contributed by atoms with Gasteiger partial charge in [-0.25, -0.2) is 0 Å². The second-order valence-electron chi connectivity index (χ2n) is 5.63. The maximum Gasteiger partial charge on any atom is 0.263 e. The van der Waals surface area contributed by atoms with E-state index in [0.29, 0.717) is 22.9 Å². The van der Waals surface area contributed by atoms with Gasteiger partial charge < -0.3 is 11.1 Å². The van der Waals surface area contributed by atoms with Crippen LogP contribution in [0.2, 0.25) is 0 Å². The number of imide groups is 1. The summed E-state index contributed by atoms with van der Waals surface area (Å²) in [5.41, 5.74) is 7.02. The lowest BCUT2D eigenvalue weighted by Gasteiger charge is -2.25. The highest BCUT2D eigenvalue weighted by atomic mass is 16.2. The first-order valence-electron chi connectivity index (χ1n) is 7.09. The van der Waals surface area contributed by atoms with Crippen LogP contribution in [0.25, 0.3) is 0 Å². The van der Waals surface area contributed by atoms with Crippen molar-refractivity contribution in [2.75, 3.05) is 12.3 Å². The van der Waals surface area contributed by atoms with Crippen molar-refractivity contribution in [2.24, 2.45) is 0 Å². The Kier molecular flexibility index (Phi) is 3.22. The Bertz CT molecular complexity index is 564. The average Bonchev–Trinajstić information content (AvgIpc) is 2.98. The molecule has 2 aliphatic heterocycles. The van der Waals surface area contributed by atoms with Gasteiger partial charge in [-0.15, -0.1) is 0 Å². The molecule has 2 aliphatic rings. The van der Waals surface area contributed by atoms with E-state index < -0.39 is 0 Å². The predicted molar refractivity (Wildman–Crippen MR) is 76.5 cm³/mol. The van der Waals surface area contributed by atoms with Gasteiger partial charge in [0.25, 0.3) is 11.8 Å². The first kappa shape index (κ1) is 13.1. The van der Waals surface area contributed by atoms with E-state index in [1.165, 1.54) is 4.90 Å². The highest BCUT2D eigenvalue weighted by molar-refractivity contribution is 6.23. The summed E-state index contributed by atoms with van der Waals surface area (Å²) in [5, 5.41) is 3.40. The van der Waals surface area contributed by atoms with Crippen LogP contribution in [0.5, 0.6) is 0 Å². The molecule has 5 nitrogen and oxygen atoms in total. The van der Waals surface area contributed by atoms with E-state index in [4.69, 9.17) is 5.73 Å². The van der Waals surface area contributed by atoms with Crippen LogP contribution in [-0.2, 0) is 0 Å². The Labute approximate surface area is 118 Å². The molecule has 1 aromatic carbocycles. The second kappa shape index (κ2) is 4.90. The molecule has 0 bridgehead atoms. The monoisotopic (exact) mass is 273 g/mol. The minimum atomic E-state index is -0.256. The maximum absolute atomic E-state index is 12.4. The Balaban J connectivity index is 1.83. The lowest BCUT2D eigenvalue weighted by molar-refractivity contribution is 0.0584. The van der Waals surface area contributed by atoms with E-state index in [1.54, 1.807) is 18.2 Å². The molecule has 1 aromatic rings. The van der Waals surface area contributed by atoms with Crippen LogP contribution in [0.4, 0.5) is 5.69 Å². The van der Waals surface area contributed by atoms with Crippen LogP contribution in [-0.4, -0.2) is 35.3 Å². The van der Waals surface area contributed by atoms with E-state index >= 15 is 0 Å².